The largest absolute Gasteiger partial charge is 0.206 e. The number of alkyl halides is 1. The van der Waals surface area contributed by atoms with Crippen molar-refractivity contribution >= 4 is 34.9 Å². The Morgan fingerprint density at radius 2 is 1.65 bits per heavy atom. The molecule has 0 saturated heterocycles. The van der Waals surface area contributed by atoms with Crippen molar-refractivity contribution in [1.29, 1.82) is 0 Å². The first kappa shape index (κ1) is 14.9. The maximum absolute atomic E-state index is 13.7. The van der Waals surface area contributed by atoms with Gasteiger partial charge in [0.05, 0.1) is 0 Å². The van der Waals surface area contributed by atoms with Gasteiger partial charge in [0.2, 0.25) is 0 Å². The summed E-state index contributed by atoms with van der Waals surface area (Å²) in [5, 5.41) is 0.457. The Morgan fingerprint density at radius 1 is 1.00 bits per heavy atom. The Balaban J connectivity index is 2.53. The molecule has 20 heavy (non-hydrogen) atoms. The highest BCUT2D eigenvalue weighted by atomic mass is 35.5. The van der Waals surface area contributed by atoms with Crippen LogP contribution in [0.3, 0.4) is 0 Å². The maximum Gasteiger partial charge on any atom is 0.161 e. The van der Waals surface area contributed by atoms with Crippen LogP contribution in [0, 0.1) is 17.5 Å². The lowest BCUT2D eigenvalue weighted by atomic mass is 10.0. The summed E-state index contributed by atoms with van der Waals surface area (Å²) >= 11 is 11.8. The van der Waals surface area contributed by atoms with E-state index in [1.807, 2.05) is 0 Å². The molecule has 0 heterocycles. The minimum atomic E-state index is -1.24. The summed E-state index contributed by atoms with van der Waals surface area (Å²) in [5.41, 5.74) is 0.851. The molecule has 0 nitrogen and oxygen atoms in total. The molecule has 0 aliphatic rings. The van der Waals surface area contributed by atoms with Crippen LogP contribution in [0.1, 0.15) is 11.1 Å². The van der Waals surface area contributed by atoms with E-state index in [1.54, 1.807) is 30.3 Å². The average Bonchev–Trinajstić information content (AvgIpc) is 2.42. The summed E-state index contributed by atoms with van der Waals surface area (Å²) in [6.45, 7) is 0. The summed E-state index contributed by atoms with van der Waals surface area (Å²) in [6, 6.07) is 8.17. The van der Waals surface area contributed by atoms with E-state index in [0.29, 0.717) is 22.2 Å². The van der Waals surface area contributed by atoms with Gasteiger partial charge < -0.3 is 0 Å². The second-order valence-electron chi connectivity index (χ2n) is 4.07. The normalized spacial score (nSPS) is 11.8. The molecule has 0 radical (unpaired) electrons. The Hall–Kier alpha value is -1.45. The van der Waals surface area contributed by atoms with Crippen molar-refractivity contribution in [3.05, 3.63) is 70.0 Å². The third-order valence-corrected chi connectivity index (χ3v) is 3.37. The van der Waals surface area contributed by atoms with E-state index < -0.39 is 17.5 Å². The van der Waals surface area contributed by atoms with E-state index >= 15 is 0 Å². The summed E-state index contributed by atoms with van der Waals surface area (Å²) in [6.07, 6.45) is 1.55. The van der Waals surface area contributed by atoms with Gasteiger partial charge in [0.25, 0.3) is 0 Å². The quantitative estimate of drug-likeness (QED) is 0.396. The number of benzene rings is 2. The van der Waals surface area contributed by atoms with Gasteiger partial charge in [-0.3, -0.25) is 0 Å². The van der Waals surface area contributed by atoms with Gasteiger partial charge in [-0.2, -0.15) is 0 Å². The second kappa shape index (κ2) is 6.33. The summed E-state index contributed by atoms with van der Waals surface area (Å²) in [5.74, 6) is -3.30. The fourth-order valence-corrected chi connectivity index (χ4v) is 2.15. The van der Waals surface area contributed by atoms with Crippen LogP contribution in [0.15, 0.2) is 36.4 Å². The van der Waals surface area contributed by atoms with E-state index in [1.165, 1.54) is 0 Å². The van der Waals surface area contributed by atoms with Crippen LogP contribution in [-0.4, -0.2) is 5.88 Å². The van der Waals surface area contributed by atoms with Gasteiger partial charge in [-0.15, -0.1) is 11.6 Å². The van der Waals surface area contributed by atoms with Crippen LogP contribution in [0.25, 0.3) is 11.6 Å². The smallest absolute Gasteiger partial charge is 0.161 e. The van der Waals surface area contributed by atoms with Crippen molar-refractivity contribution in [1.82, 2.24) is 0 Å². The topological polar surface area (TPSA) is 0 Å². The molecule has 2 aromatic rings. The van der Waals surface area contributed by atoms with Crippen molar-refractivity contribution in [2.24, 2.45) is 0 Å². The van der Waals surface area contributed by atoms with Crippen LogP contribution in [0.5, 0.6) is 0 Å². The summed E-state index contributed by atoms with van der Waals surface area (Å²) < 4.78 is 39.9. The van der Waals surface area contributed by atoms with Gasteiger partial charge in [0.1, 0.15) is 5.82 Å². The monoisotopic (exact) mass is 316 g/mol. The molecule has 2 aromatic carbocycles. The fourth-order valence-electron chi connectivity index (χ4n) is 1.74. The average molecular weight is 317 g/mol. The first-order chi connectivity index (χ1) is 9.52. The molecule has 0 unspecified atom stereocenters. The summed E-state index contributed by atoms with van der Waals surface area (Å²) in [7, 11) is 0. The number of hydrogen-bond donors (Lipinski definition) is 0. The predicted octanol–water partition coefficient (Wildman–Crippen LogP) is 5.54. The van der Waals surface area contributed by atoms with Gasteiger partial charge in [-0.1, -0.05) is 29.8 Å². The lowest BCUT2D eigenvalue weighted by Crippen LogP contribution is -1.96. The minimum Gasteiger partial charge on any atom is -0.206 e. The molecule has 0 aromatic heterocycles. The van der Waals surface area contributed by atoms with Gasteiger partial charge in [0.15, 0.2) is 11.6 Å². The Bertz CT molecular complexity index is 666. The van der Waals surface area contributed by atoms with Gasteiger partial charge in [0, 0.05) is 22.5 Å². The molecule has 0 fully saturated rings. The summed E-state index contributed by atoms with van der Waals surface area (Å²) in [4.78, 5) is 0. The van der Waals surface area contributed by atoms with Crippen LogP contribution in [0.4, 0.5) is 13.2 Å². The van der Waals surface area contributed by atoms with Crippen LogP contribution in [-0.2, 0) is 0 Å². The molecule has 104 valence electrons. The molecular formula is C15H9Cl2F3. The van der Waals surface area contributed by atoms with Crippen molar-refractivity contribution in [2.45, 2.75) is 0 Å². The molecule has 5 heteroatoms. The van der Waals surface area contributed by atoms with Gasteiger partial charge >= 0.3 is 0 Å². The van der Waals surface area contributed by atoms with E-state index in [-0.39, 0.29) is 11.4 Å². The van der Waals surface area contributed by atoms with Gasteiger partial charge in [-0.25, -0.2) is 13.2 Å². The number of rotatable bonds is 3. The van der Waals surface area contributed by atoms with E-state index in [2.05, 4.69) is 0 Å². The van der Waals surface area contributed by atoms with E-state index in [4.69, 9.17) is 23.2 Å². The molecule has 0 atom stereocenters. The zero-order valence-corrected chi connectivity index (χ0v) is 11.7. The van der Waals surface area contributed by atoms with E-state index in [9.17, 15) is 13.2 Å². The maximum atomic E-state index is 13.7. The van der Waals surface area contributed by atoms with Crippen LogP contribution < -0.4 is 0 Å². The first-order valence-electron chi connectivity index (χ1n) is 5.69. The lowest BCUT2D eigenvalue weighted by molar-refractivity contribution is 0.494. The number of hydrogen-bond acceptors (Lipinski definition) is 0. The first-order valence-corrected chi connectivity index (χ1v) is 6.60. The molecule has 0 spiro atoms. The van der Waals surface area contributed by atoms with Crippen molar-refractivity contribution in [3.8, 4) is 0 Å². The SMILES string of the molecule is Fc1cc(F)c(C(=Cc2ccccc2Cl)CCl)cc1F. The Morgan fingerprint density at radius 3 is 2.30 bits per heavy atom. The van der Waals surface area contributed by atoms with Crippen molar-refractivity contribution < 1.29 is 13.2 Å². The Kier molecular flexibility index (Phi) is 4.73. The molecule has 0 aliphatic heterocycles. The third kappa shape index (κ3) is 3.17. The van der Waals surface area contributed by atoms with Crippen LogP contribution >= 0.6 is 23.2 Å². The molecule has 0 amide bonds. The highest BCUT2D eigenvalue weighted by molar-refractivity contribution is 6.32. The lowest BCUT2D eigenvalue weighted by Gasteiger charge is -2.08. The molecule has 2 rings (SSSR count). The fraction of sp³-hybridized carbons (Fsp3) is 0.0667. The predicted molar refractivity (Wildman–Crippen MR) is 76.4 cm³/mol. The molecule has 0 saturated carbocycles. The zero-order chi connectivity index (χ0) is 14.7. The Labute approximate surface area is 124 Å². The van der Waals surface area contributed by atoms with E-state index in [0.717, 1.165) is 6.07 Å². The van der Waals surface area contributed by atoms with Gasteiger partial charge in [-0.05, 0) is 29.3 Å². The van der Waals surface area contributed by atoms with Crippen molar-refractivity contribution in [2.75, 3.05) is 5.88 Å². The second-order valence-corrected chi connectivity index (χ2v) is 4.75. The standard InChI is InChI=1S/C15H9Cl2F3/c16-8-10(5-9-3-1-2-4-12(9)17)11-6-14(19)15(20)7-13(11)18/h1-7H,8H2. The highest BCUT2D eigenvalue weighted by Gasteiger charge is 2.13. The molecule has 0 N–H and O–H groups in total. The third-order valence-electron chi connectivity index (χ3n) is 2.73. The van der Waals surface area contributed by atoms with Crippen molar-refractivity contribution in [3.63, 3.8) is 0 Å². The minimum absolute atomic E-state index is 0.0623. The number of allylic oxidation sites excluding steroid dienone is 1. The molecule has 0 aliphatic carbocycles. The highest BCUT2D eigenvalue weighted by Crippen LogP contribution is 2.27. The zero-order valence-electron chi connectivity index (χ0n) is 10.1. The van der Waals surface area contributed by atoms with Crippen LogP contribution in [0.2, 0.25) is 5.02 Å². The molecular weight excluding hydrogens is 308 g/mol. The molecule has 0 bridgehead atoms. The number of halogens is 5.